The van der Waals surface area contributed by atoms with Gasteiger partial charge in [-0.3, -0.25) is 0 Å². The van der Waals surface area contributed by atoms with Crippen molar-refractivity contribution in [1.29, 1.82) is 0 Å². The number of ether oxygens (including phenoxy) is 4. The fourth-order valence-electron chi connectivity index (χ4n) is 1.74. The van der Waals surface area contributed by atoms with Crippen LogP contribution in [0.5, 0.6) is 0 Å². The Morgan fingerprint density at radius 2 is 1.90 bits per heavy atom. The molecule has 0 saturated heterocycles. The van der Waals surface area contributed by atoms with Gasteiger partial charge in [-0.1, -0.05) is 6.92 Å². The van der Waals surface area contributed by atoms with E-state index in [9.17, 15) is 4.79 Å². The van der Waals surface area contributed by atoms with Gasteiger partial charge in [0.05, 0.1) is 25.4 Å². The summed E-state index contributed by atoms with van der Waals surface area (Å²) >= 11 is 0. The Labute approximate surface area is 121 Å². The van der Waals surface area contributed by atoms with Crippen molar-refractivity contribution in [3.8, 4) is 0 Å². The van der Waals surface area contributed by atoms with Gasteiger partial charge in [-0.05, 0) is 32.6 Å². The van der Waals surface area contributed by atoms with Crippen LogP contribution in [0.15, 0.2) is 0 Å². The molecule has 2 unspecified atom stereocenters. The standard InChI is InChI=1S/C14H28O6/c1-4-12(17-3)11-20-13(8-10-18-5-2)7-6-9-19-14(15)16/h12-13H,4-11H2,1-3H3,(H,15,16). The van der Waals surface area contributed by atoms with Gasteiger partial charge < -0.3 is 24.1 Å². The summed E-state index contributed by atoms with van der Waals surface area (Å²) in [5.41, 5.74) is 0. The van der Waals surface area contributed by atoms with E-state index in [-0.39, 0.29) is 18.8 Å². The predicted molar refractivity (Wildman–Crippen MR) is 75.1 cm³/mol. The minimum atomic E-state index is -1.23. The third-order valence-corrected chi connectivity index (χ3v) is 2.99. The average Bonchev–Trinajstić information content (AvgIpc) is 2.43. The first-order valence-electron chi connectivity index (χ1n) is 7.21. The summed E-state index contributed by atoms with van der Waals surface area (Å²) in [4.78, 5) is 10.3. The Balaban J connectivity index is 3.95. The van der Waals surface area contributed by atoms with E-state index in [1.54, 1.807) is 7.11 Å². The minimum Gasteiger partial charge on any atom is -0.450 e. The molecule has 20 heavy (non-hydrogen) atoms. The van der Waals surface area contributed by atoms with E-state index in [0.717, 1.165) is 19.3 Å². The van der Waals surface area contributed by atoms with Gasteiger partial charge in [-0.15, -0.1) is 0 Å². The zero-order chi connectivity index (χ0) is 15.2. The molecule has 0 bridgehead atoms. The lowest BCUT2D eigenvalue weighted by Crippen LogP contribution is -2.24. The second-order valence-electron chi connectivity index (χ2n) is 4.46. The molecule has 0 aliphatic rings. The maximum Gasteiger partial charge on any atom is 0.505 e. The topological polar surface area (TPSA) is 74.2 Å². The Bertz CT molecular complexity index is 230. The molecule has 120 valence electrons. The van der Waals surface area contributed by atoms with E-state index < -0.39 is 6.16 Å². The average molecular weight is 292 g/mol. The molecule has 2 atom stereocenters. The first kappa shape index (κ1) is 19.1. The van der Waals surface area contributed by atoms with Crippen LogP contribution in [-0.2, 0) is 18.9 Å². The molecule has 0 spiro atoms. The van der Waals surface area contributed by atoms with Crippen LogP contribution < -0.4 is 0 Å². The van der Waals surface area contributed by atoms with Gasteiger partial charge in [0.1, 0.15) is 0 Å². The highest BCUT2D eigenvalue weighted by molar-refractivity contribution is 5.56. The summed E-state index contributed by atoms with van der Waals surface area (Å²) in [5.74, 6) is 0. The van der Waals surface area contributed by atoms with Crippen molar-refractivity contribution in [1.82, 2.24) is 0 Å². The molecule has 0 aliphatic heterocycles. The monoisotopic (exact) mass is 292 g/mol. The predicted octanol–water partition coefficient (Wildman–Crippen LogP) is 2.70. The highest BCUT2D eigenvalue weighted by Gasteiger charge is 2.13. The molecule has 6 nitrogen and oxygen atoms in total. The van der Waals surface area contributed by atoms with Crippen molar-refractivity contribution in [3.63, 3.8) is 0 Å². The third-order valence-electron chi connectivity index (χ3n) is 2.99. The summed E-state index contributed by atoms with van der Waals surface area (Å²) in [7, 11) is 1.67. The smallest absolute Gasteiger partial charge is 0.450 e. The molecule has 0 aromatic heterocycles. The van der Waals surface area contributed by atoms with E-state index in [2.05, 4.69) is 4.74 Å². The van der Waals surface area contributed by atoms with Crippen molar-refractivity contribution >= 4 is 6.16 Å². The van der Waals surface area contributed by atoms with E-state index in [4.69, 9.17) is 19.3 Å². The second-order valence-corrected chi connectivity index (χ2v) is 4.46. The maximum absolute atomic E-state index is 10.3. The van der Waals surface area contributed by atoms with Crippen LogP contribution in [0.3, 0.4) is 0 Å². The fraction of sp³-hybridized carbons (Fsp3) is 0.929. The van der Waals surface area contributed by atoms with Crippen LogP contribution in [0.1, 0.15) is 39.5 Å². The Kier molecular flexibility index (Phi) is 12.6. The van der Waals surface area contributed by atoms with Crippen LogP contribution >= 0.6 is 0 Å². The molecular weight excluding hydrogens is 264 g/mol. The molecule has 0 fully saturated rings. The molecule has 0 aromatic rings. The summed E-state index contributed by atoms with van der Waals surface area (Å²) in [6.07, 6.45) is 2.00. The zero-order valence-electron chi connectivity index (χ0n) is 12.8. The summed E-state index contributed by atoms with van der Waals surface area (Å²) in [6.45, 7) is 6.08. The number of rotatable bonds is 13. The van der Waals surface area contributed by atoms with Gasteiger partial charge in [0.25, 0.3) is 0 Å². The van der Waals surface area contributed by atoms with Gasteiger partial charge in [-0.2, -0.15) is 0 Å². The lowest BCUT2D eigenvalue weighted by atomic mass is 10.1. The number of hydrogen-bond acceptors (Lipinski definition) is 5. The molecule has 6 heteroatoms. The molecule has 0 saturated carbocycles. The Hall–Kier alpha value is -0.850. The van der Waals surface area contributed by atoms with Crippen LogP contribution in [0, 0.1) is 0 Å². The van der Waals surface area contributed by atoms with Gasteiger partial charge in [-0.25, -0.2) is 4.79 Å². The first-order chi connectivity index (χ1) is 9.63. The first-order valence-corrected chi connectivity index (χ1v) is 7.21. The van der Waals surface area contributed by atoms with Crippen LogP contribution in [-0.4, -0.2) is 57.0 Å². The molecule has 1 N–H and O–H groups in total. The Morgan fingerprint density at radius 3 is 2.45 bits per heavy atom. The summed E-state index contributed by atoms with van der Waals surface area (Å²) in [6, 6.07) is 0. The quantitative estimate of drug-likeness (QED) is 0.415. The van der Waals surface area contributed by atoms with E-state index in [1.807, 2.05) is 13.8 Å². The molecule has 0 rings (SSSR count). The van der Waals surface area contributed by atoms with E-state index in [0.29, 0.717) is 26.2 Å². The van der Waals surface area contributed by atoms with Crippen LogP contribution in [0.25, 0.3) is 0 Å². The van der Waals surface area contributed by atoms with Crippen molar-refractivity contribution in [2.24, 2.45) is 0 Å². The van der Waals surface area contributed by atoms with Crippen LogP contribution in [0.2, 0.25) is 0 Å². The molecular formula is C14H28O6. The highest BCUT2D eigenvalue weighted by Crippen LogP contribution is 2.10. The third kappa shape index (κ3) is 11.0. The number of hydrogen-bond donors (Lipinski definition) is 1. The van der Waals surface area contributed by atoms with Crippen molar-refractivity contribution in [2.45, 2.75) is 51.7 Å². The maximum atomic E-state index is 10.3. The minimum absolute atomic E-state index is 0.0446. The number of carbonyl (C=O) groups is 1. The molecule has 0 aromatic carbocycles. The second kappa shape index (κ2) is 13.1. The molecule has 0 aliphatic carbocycles. The highest BCUT2D eigenvalue weighted by atomic mass is 16.7. The fourth-order valence-corrected chi connectivity index (χ4v) is 1.74. The van der Waals surface area contributed by atoms with Gasteiger partial charge >= 0.3 is 6.16 Å². The number of methoxy groups -OCH3 is 1. The van der Waals surface area contributed by atoms with Gasteiger partial charge in [0.15, 0.2) is 0 Å². The zero-order valence-corrected chi connectivity index (χ0v) is 12.8. The van der Waals surface area contributed by atoms with Crippen molar-refractivity contribution in [3.05, 3.63) is 0 Å². The summed E-state index contributed by atoms with van der Waals surface area (Å²) in [5, 5.41) is 8.40. The largest absolute Gasteiger partial charge is 0.505 e. The summed E-state index contributed by atoms with van der Waals surface area (Å²) < 4.78 is 20.9. The van der Waals surface area contributed by atoms with Gasteiger partial charge in [0, 0.05) is 20.3 Å². The lowest BCUT2D eigenvalue weighted by Gasteiger charge is -2.21. The van der Waals surface area contributed by atoms with Crippen LogP contribution in [0.4, 0.5) is 4.79 Å². The molecule has 0 heterocycles. The van der Waals surface area contributed by atoms with Crippen molar-refractivity contribution in [2.75, 3.05) is 33.5 Å². The Morgan fingerprint density at radius 1 is 1.15 bits per heavy atom. The number of carboxylic acid groups (broad SMARTS) is 1. The lowest BCUT2D eigenvalue weighted by molar-refractivity contribution is -0.0433. The molecule has 0 radical (unpaired) electrons. The SMILES string of the molecule is CCOCCC(CCCOC(=O)O)OCC(CC)OC. The normalized spacial score (nSPS) is 13.9. The van der Waals surface area contributed by atoms with E-state index in [1.165, 1.54) is 0 Å². The van der Waals surface area contributed by atoms with Gasteiger partial charge in [0.2, 0.25) is 0 Å². The van der Waals surface area contributed by atoms with Crippen molar-refractivity contribution < 1.29 is 28.8 Å². The van der Waals surface area contributed by atoms with E-state index >= 15 is 0 Å². The molecule has 0 amide bonds.